The van der Waals surface area contributed by atoms with Gasteiger partial charge in [0.1, 0.15) is 44.9 Å². The molecule has 0 aliphatic carbocycles. The smallest absolute Gasteiger partial charge is 0.442 e. The Hall–Kier alpha value is -3.96. The molecule has 24 heteroatoms. The molecule has 0 saturated heterocycles. The van der Waals surface area contributed by atoms with E-state index in [1.54, 1.807) is 9.80 Å². The molecule has 2 unspecified atom stereocenters. The minimum absolute atomic E-state index is 0.0371. The fourth-order valence-corrected chi connectivity index (χ4v) is 6.86. The van der Waals surface area contributed by atoms with Gasteiger partial charge in [-0.2, -0.15) is 4.68 Å². The third-order valence-corrected chi connectivity index (χ3v) is 10.4. The van der Waals surface area contributed by atoms with E-state index < -0.39 is 42.4 Å². The summed E-state index contributed by atoms with van der Waals surface area (Å²) < 4.78 is 32.4. The number of amides is 2. The molecule has 0 fully saturated rings. The van der Waals surface area contributed by atoms with E-state index in [1.165, 1.54) is 12.1 Å². The van der Waals surface area contributed by atoms with Crippen molar-refractivity contribution >= 4 is 106 Å². The van der Waals surface area contributed by atoms with Crippen LogP contribution in [0.2, 0.25) is 10.0 Å². The van der Waals surface area contributed by atoms with E-state index >= 15 is 0 Å². The van der Waals surface area contributed by atoms with Crippen molar-refractivity contribution in [2.75, 3.05) is 73.8 Å². The number of aryl methyl sites for hydroxylation is 2. The predicted molar refractivity (Wildman–Crippen MR) is 280 cm³/mol. The van der Waals surface area contributed by atoms with Gasteiger partial charge in [0, 0.05) is 18.1 Å². The molecule has 2 amide bonds. The SMILES string of the molecule is C#CCOc1cc(-n2nc(C(C)(C)C)oc2=O)c(Cl)cc1Cl.CC1COc2ccccc2N1C(=O)C(Cl)Cl.CCOCN(C(=O)CCl)c1c(C)cccc1CC.C[S+](C)C.O=C(O)CNCP(=O)([O-])O. The number of alkyl halides is 3. The maximum Gasteiger partial charge on any atom is 0.442 e. The zero-order valence-corrected chi connectivity index (χ0v) is 46.1. The van der Waals surface area contributed by atoms with Crippen molar-refractivity contribution in [3.8, 4) is 29.5 Å². The summed E-state index contributed by atoms with van der Waals surface area (Å²) in [6, 6.07) is 16.3. The molecule has 388 valence electrons. The number of nitrogens with zero attached hydrogens (tertiary/aromatic N) is 4. The highest BCUT2D eigenvalue weighted by molar-refractivity contribution is 7.94. The Balaban J connectivity index is 0.000000467. The lowest BCUT2D eigenvalue weighted by Crippen LogP contribution is -2.47. The molecule has 1 aromatic heterocycles. The topological polar surface area (TPSA) is 226 Å². The van der Waals surface area contributed by atoms with Crippen LogP contribution >= 0.6 is 65.6 Å². The summed E-state index contributed by atoms with van der Waals surface area (Å²) in [6.45, 7) is 14.3. The number of carbonyl (C=O) groups excluding carboxylic acids is 2. The number of nitrogens with one attached hydrogen (secondary N) is 1. The van der Waals surface area contributed by atoms with Gasteiger partial charge in [-0.1, -0.05) is 110 Å². The second kappa shape index (κ2) is 31.5. The molecule has 0 bridgehead atoms. The van der Waals surface area contributed by atoms with Gasteiger partial charge in [0.15, 0.2) is 4.84 Å². The number of anilines is 2. The van der Waals surface area contributed by atoms with Gasteiger partial charge in [0.2, 0.25) is 11.8 Å². The number of terminal acetylenes is 1. The van der Waals surface area contributed by atoms with Gasteiger partial charge in [0.25, 0.3) is 5.91 Å². The van der Waals surface area contributed by atoms with Gasteiger partial charge in [0.05, 0.1) is 64.7 Å². The number of hydrogen-bond donors (Lipinski definition) is 3. The van der Waals surface area contributed by atoms with Crippen molar-refractivity contribution in [3.05, 3.63) is 92.2 Å². The Morgan fingerprint density at radius 2 is 1.71 bits per heavy atom. The Bertz CT molecular complexity index is 2450. The summed E-state index contributed by atoms with van der Waals surface area (Å²) in [7, 11) is -3.71. The zero-order valence-electron chi connectivity index (χ0n) is 40.6. The Kier molecular flexibility index (Phi) is 28.8. The summed E-state index contributed by atoms with van der Waals surface area (Å²) in [5.74, 6) is 1.34. The number of rotatable bonds is 14. The third kappa shape index (κ3) is 22.2. The average molecular weight is 1120 g/mol. The van der Waals surface area contributed by atoms with Crippen LogP contribution in [0.4, 0.5) is 11.4 Å². The van der Waals surface area contributed by atoms with E-state index in [4.69, 9.17) is 93.1 Å². The molecule has 2 heterocycles. The second-order valence-corrected chi connectivity index (χ2v) is 22.3. The lowest BCUT2D eigenvalue weighted by atomic mass is 9.97. The number of carboxylic acids is 1. The molecular formula is C46H61Cl5N5O12PS. The van der Waals surface area contributed by atoms with Gasteiger partial charge in [-0.15, -0.1) is 23.1 Å². The lowest BCUT2D eigenvalue weighted by molar-refractivity contribution is -0.193. The van der Waals surface area contributed by atoms with Crippen molar-refractivity contribution in [2.24, 2.45) is 0 Å². The Morgan fingerprint density at radius 1 is 1.09 bits per heavy atom. The first-order valence-electron chi connectivity index (χ1n) is 21.1. The highest BCUT2D eigenvalue weighted by Crippen LogP contribution is 2.35. The molecule has 4 aromatic rings. The van der Waals surface area contributed by atoms with Crippen LogP contribution in [0.3, 0.4) is 0 Å². The molecule has 0 saturated carbocycles. The van der Waals surface area contributed by atoms with Crippen LogP contribution in [0.25, 0.3) is 5.69 Å². The second-order valence-electron chi connectivity index (χ2n) is 16.1. The first-order chi connectivity index (χ1) is 32.6. The van der Waals surface area contributed by atoms with Gasteiger partial charge in [-0.05, 0) is 67.4 Å². The van der Waals surface area contributed by atoms with Crippen molar-refractivity contribution in [1.82, 2.24) is 15.1 Å². The van der Waals surface area contributed by atoms with E-state index in [0.717, 1.165) is 33.6 Å². The first-order valence-corrected chi connectivity index (χ1v) is 27.5. The zero-order chi connectivity index (χ0) is 53.5. The summed E-state index contributed by atoms with van der Waals surface area (Å²) in [5.41, 5.74) is 3.74. The minimum atomic E-state index is -4.35. The fraction of sp³-hybridized carbons (Fsp3) is 0.457. The van der Waals surface area contributed by atoms with Crippen LogP contribution in [0.15, 0.2) is 63.8 Å². The molecule has 3 aromatic carbocycles. The molecule has 70 heavy (non-hydrogen) atoms. The number of halogens is 5. The quantitative estimate of drug-likeness (QED) is 0.0360. The molecule has 1 aliphatic rings. The van der Waals surface area contributed by atoms with Crippen LogP contribution in [-0.4, -0.2) is 112 Å². The summed E-state index contributed by atoms with van der Waals surface area (Å²) in [6.07, 6.45) is 11.9. The van der Waals surface area contributed by atoms with E-state index in [2.05, 4.69) is 36.7 Å². The number of benzene rings is 3. The van der Waals surface area contributed by atoms with Crippen molar-refractivity contribution in [2.45, 2.75) is 71.2 Å². The van der Waals surface area contributed by atoms with Crippen molar-refractivity contribution in [1.29, 1.82) is 0 Å². The number of para-hydroxylation sites is 3. The third-order valence-electron chi connectivity index (χ3n) is 8.60. The molecular weight excluding hydrogens is 1050 g/mol. The molecule has 0 spiro atoms. The first kappa shape index (κ1) is 64.1. The number of aromatic nitrogens is 2. The Morgan fingerprint density at radius 3 is 2.23 bits per heavy atom. The van der Waals surface area contributed by atoms with Crippen LogP contribution in [-0.2, 0) is 46.4 Å². The minimum Gasteiger partial charge on any atom is -0.778 e. The largest absolute Gasteiger partial charge is 0.778 e. The lowest BCUT2D eigenvalue weighted by Gasteiger charge is -2.35. The number of carbonyl (C=O) groups is 3. The van der Waals surface area contributed by atoms with E-state index in [9.17, 15) is 28.6 Å². The molecule has 2 atom stereocenters. The van der Waals surface area contributed by atoms with E-state index in [1.807, 2.05) is 89.3 Å². The maximum atomic E-state index is 12.0. The summed E-state index contributed by atoms with van der Waals surface area (Å²) in [5, 5.41) is 14.7. The van der Waals surface area contributed by atoms with Gasteiger partial charge in [-0.3, -0.25) is 24.6 Å². The maximum absolute atomic E-state index is 12.0. The number of hydrogen-bond acceptors (Lipinski definition) is 12. The standard InChI is InChI=1S/C15H14Cl2N2O3.C14H20ClNO2.C11H11Cl2NO2.C3H8NO5P.C3H9S/c1-5-6-21-12-8-11(9(16)7-10(12)17)19-14(20)22-13(18-19)15(2,3)4;1-4-12-8-6-7-11(3)14(12)16(10-18-5-2)13(17)9-15;1-7-6-16-9-5-3-2-4-8(9)14(7)11(15)10(12)13;5-3(6)1-4-2-10(7,8)9;1-4(2)3/h1,7-8H,6H2,2-4H3;6-8H,4-5,9-10H2,1-3H3;2-5,7,10H,6H2,1H3;4H,1-2H2,(H,5,6)(H2,7,8,9);1-3H3/q;;;;+1/p-1. The number of ether oxygens (including phenoxy) is 3. The van der Waals surface area contributed by atoms with Crippen LogP contribution in [0.1, 0.15) is 58.6 Å². The van der Waals surface area contributed by atoms with Crippen molar-refractivity contribution < 1.29 is 52.5 Å². The van der Waals surface area contributed by atoms with E-state index in [-0.39, 0.29) is 47.1 Å². The average Bonchev–Trinajstić information content (AvgIpc) is 3.68. The molecule has 17 nitrogen and oxygen atoms in total. The fourth-order valence-electron chi connectivity index (χ4n) is 5.60. The molecule has 3 N–H and O–H groups in total. The normalized spacial score (nSPS) is 13.5. The van der Waals surface area contributed by atoms with Crippen LogP contribution in [0.5, 0.6) is 11.5 Å². The van der Waals surface area contributed by atoms with Gasteiger partial charge < -0.3 is 43.0 Å². The summed E-state index contributed by atoms with van der Waals surface area (Å²) >= 11 is 29.1. The number of carboxylic acid groups (broad SMARTS) is 1. The number of aliphatic carboxylic acids is 1. The van der Waals surface area contributed by atoms with Gasteiger partial charge >= 0.3 is 11.7 Å². The van der Waals surface area contributed by atoms with Crippen molar-refractivity contribution in [3.63, 3.8) is 0 Å². The van der Waals surface area contributed by atoms with Crippen LogP contribution in [0, 0.1) is 19.3 Å². The monoisotopic (exact) mass is 1110 g/mol. The van der Waals surface area contributed by atoms with E-state index in [0.29, 0.717) is 47.2 Å². The molecule has 1 aliphatic heterocycles. The molecule has 5 rings (SSSR count). The van der Waals surface area contributed by atoms with Crippen LogP contribution < -0.4 is 35.2 Å². The highest BCUT2D eigenvalue weighted by atomic mass is 35.5. The Labute approximate surface area is 437 Å². The predicted octanol–water partition coefficient (Wildman–Crippen LogP) is 7.83. The highest BCUT2D eigenvalue weighted by Gasteiger charge is 2.32. The summed E-state index contributed by atoms with van der Waals surface area (Å²) in [4.78, 5) is 65.8. The number of fused-ring (bicyclic) bond motifs is 1. The molecule has 0 radical (unpaired) electrons. The van der Waals surface area contributed by atoms with Gasteiger partial charge in [-0.25, -0.2) is 4.79 Å².